The summed E-state index contributed by atoms with van der Waals surface area (Å²) in [5.74, 6) is 2.91. The van der Waals surface area contributed by atoms with E-state index in [1.165, 1.54) is 0 Å². The van der Waals surface area contributed by atoms with Gasteiger partial charge in [-0.3, -0.25) is 4.79 Å². The summed E-state index contributed by atoms with van der Waals surface area (Å²) in [6, 6.07) is 10.7. The monoisotopic (exact) mass is 444 g/mol. The van der Waals surface area contributed by atoms with Gasteiger partial charge in [-0.1, -0.05) is 0 Å². The summed E-state index contributed by atoms with van der Waals surface area (Å²) in [6.45, 7) is 4.06. The van der Waals surface area contributed by atoms with Crippen LogP contribution in [-0.4, -0.2) is 59.9 Å². The number of methoxy groups -OCH3 is 4. The van der Waals surface area contributed by atoms with Crippen LogP contribution in [0.4, 0.5) is 0 Å². The van der Waals surface area contributed by atoms with Crippen LogP contribution in [0.25, 0.3) is 0 Å². The van der Waals surface area contributed by atoms with Crippen molar-refractivity contribution in [2.45, 2.75) is 13.5 Å². The van der Waals surface area contributed by atoms with Crippen LogP contribution in [-0.2, 0) is 6.54 Å². The molecule has 0 saturated carbocycles. The van der Waals surface area contributed by atoms with E-state index in [1.54, 1.807) is 52.7 Å². The van der Waals surface area contributed by atoms with Gasteiger partial charge in [0, 0.05) is 25.2 Å². The summed E-state index contributed by atoms with van der Waals surface area (Å²) in [7, 11) is 6.32. The van der Waals surface area contributed by atoms with Gasteiger partial charge in [-0.05, 0) is 48.9 Å². The molecule has 3 N–H and O–H groups in total. The number of amides is 1. The largest absolute Gasteiger partial charge is 0.497 e. The van der Waals surface area contributed by atoms with E-state index in [0.29, 0.717) is 60.7 Å². The van der Waals surface area contributed by atoms with Crippen LogP contribution >= 0.6 is 0 Å². The highest BCUT2D eigenvalue weighted by Crippen LogP contribution is 2.38. The molecule has 2 rings (SSSR count). The predicted octanol–water partition coefficient (Wildman–Crippen LogP) is 2.21. The SMILES string of the molecule is CCNC(=NCc1cc(OC)c(OC)c(OC)c1)NCCNC(=O)c1ccc(OC)cc1. The lowest BCUT2D eigenvalue weighted by Crippen LogP contribution is -2.41. The van der Waals surface area contributed by atoms with Crippen LogP contribution in [0.15, 0.2) is 41.4 Å². The van der Waals surface area contributed by atoms with Crippen LogP contribution in [0.3, 0.4) is 0 Å². The normalized spacial score (nSPS) is 10.8. The first kappa shape index (κ1) is 24.6. The first-order valence-electron chi connectivity index (χ1n) is 10.3. The van der Waals surface area contributed by atoms with Gasteiger partial charge in [0.15, 0.2) is 17.5 Å². The van der Waals surface area contributed by atoms with Crippen molar-refractivity contribution in [3.8, 4) is 23.0 Å². The molecule has 0 atom stereocenters. The third-order valence-electron chi connectivity index (χ3n) is 4.54. The van der Waals surface area contributed by atoms with Gasteiger partial charge < -0.3 is 34.9 Å². The average molecular weight is 445 g/mol. The summed E-state index contributed by atoms with van der Waals surface area (Å²) < 4.78 is 21.2. The second-order valence-electron chi connectivity index (χ2n) is 6.64. The van der Waals surface area contributed by atoms with Crippen LogP contribution in [0.5, 0.6) is 23.0 Å². The Balaban J connectivity index is 1.93. The van der Waals surface area contributed by atoms with Gasteiger partial charge in [0.2, 0.25) is 5.75 Å². The van der Waals surface area contributed by atoms with Gasteiger partial charge in [-0.15, -0.1) is 0 Å². The zero-order valence-electron chi connectivity index (χ0n) is 19.3. The predicted molar refractivity (Wildman–Crippen MR) is 124 cm³/mol. The highest BCUT2D eigenvalue weighted by atomic mass is 16.5. The molecule has 2 aromatic carbocycles. The Bertz CT molecular complexity index is 875. The summed E-state index contributed by atoms with van der Waals surface area (Å²) in [4.78, 5) is 16.8. The molecule has 0 unspecified atom stereocenters. The maximum absolute atomic E-state index is 12.2. The van der Waals surface area contributed by atoms with E-state index in [2.05, 4.69) is 20.9 Å². The smallest absolute Gasteiger partial charge is 0.251 e. The number of nitrogens with one attached hydrogen (secondary N) is 3. The highest BCUT2D eigenvalue weighted by Gasteiger charge is 2.13. The van der Waals surface area contributed by atoms with Crippen molar-refractivity contribution in [2.24, 2.45) is 4.99 Å². The molecule has 9 nitrogen and oxygen atoms in total. The number of benzene rings is 2. The molecule has 1 amide bonds. The average Bonchev–Trinajstić information content (AvgIpc) is 2.84. The Morgan fingerprint density at radius 3 is 2.00 bits per heavy atom. The van der Waals surface area contributed by atoms with E-state index in [1.807, 2.05) is 19.1 Å². The molecule has 0 aliphatic carbocycles. The molecule has 0 spiro atoms. The van der Waals surface area contributed by atoms with Crippen molar-refractivity contribution >= 4 is 11.9 Å². The van der Waals surface area contributed by atoms with E-state index in [0.717, 1.165) is 5.56 Å². The number of hydrogen-bond donors (Lipinski definition) is 3. The minimum absolute atomic E-state index is 0.145. The van der Waals surface area contributed by atoms with Gasteiger partial charge in [0.1, 0.15) is 5.75 Å². The third-order valence-corrected chi connectivity index (χ3v) is 4.54. The van der Waals surface area contributed by atoms with Gasteiger partial charge >= 0.3 is 0 Å². The van der Waals surface area contributed by atoms with Crippen molar-refractivity contribution < 1.29 is 23.7 Å². The summed E-state index contributed by atoms with van der Waals surface area (Å²) in [6.07, 6.45) is 0. The molecule has 0 fully saturated rings. The number of aliphatic imine (C=N–C) groups is 1. The Morgan fingerprint density at radius 2 is 1.47 bits per heavy atom. The van der Waals surface area contributed by atoms with Crippen LogP contribution in [0.2, 0.25) is 0 Å². The second kappa shape index (κ2) is 12.9. The van der Waals surface area contributed by atoms with E-state index in [-0.39, 0.29) is 5.91 Å². The topological polar surface area (TPSA) is 102 Å². The fourth-order valence-corrected chi connectivity index (χ4v) is 2.94. The van der Waals surface area contributed by atoms with Crippen LogP contribution in [0, 0.1) is 0 Å². The van der Waals surface area contributed by atoms with Gasteiger partial charge in [-0.25, -0.2) is 4.99 Å². The van der Waals surface area contributed by atoms with Crippen molar-refractivity contribution in [2.75, 3.05) is 48.1 Å². The van der Waals surface area contributed by atoms with E-state index in [9.17, 15) is 4.79 Å². The lowest BCUT2D eigenvalue weighted by Gasteiger charge is -2.14. The molecule has 2 aromatic rings. The molecular weight excluding hydrogens is 412 g/mol. The summed E-state index contributed by atoms with van der Waals surface area (Å²) in [5.41, 5.74) is 1.48. The Labute approximate surface area is 189 Å². The van der Waals surface area contributed by atoms with Crippen molar-refractivity contribution in [3.63, 3.8) is 0 Å². The molecule has 0 radical (unpaired) electrons. The Kier molecular flexibility index (Phi) is 9.96. The molecule has 0 heterocycles. The lowest BCUT2D eigenvalue weighted by molar-refractivity contribution is 0.0954. The van der Waals surface area contributed by atoms with E-state index < -0.39 is 0 Å². The van der Waals surface area contributed by atoms with Crippen molar-refractivity contribution in [1.29, 1.82) is 0 Å². The Hall–Kier alpha value is -3.62. The fourth-order valence-electron chi connectivity index (χ4n) is 2.94. The zero-order chi connectivity index (χ0) is 23.3. The molecular formula is C23H32N4O5. The van der Waals surface area contributed by atoms with Gasteiger partial charge in [-0.2, -0.15) is 0 Å². The first-order chi connectivity index (χ1) is 15.6. The number of hydrogen-bond acceptors (Lipinski definition) is 6. The van der Waals surface area contributed by atoms with Crippen LogP contribution < -0.4 is 34.9 Å². The molecule has 0 aromatic heterocycles. The second-order valence-corrected chi connectivity index (χ2v) is 6.64. The minimum atomic E-state index is -0.145. The molecule has 0 saturated heterocycles. The van der Waals surface area contributed by atoms with Crippen LogP contribution in [0.1, 0.15) is 22.8 Å². The minimum Gasteiger partial charge on any atom is -0.497 e. The lowest BCUT2D eigenvalue weighted by atomic mass is 10.2. The Morgan fingerprint density at radius 1 is 0.844 bits per heavy atom. The molecule has 9 heteroatoms. The first-order valence-corrected chi connectivity index (χ1v) is 10.3. The maximum atomic E-state index is 12.2. The molecule has 32 heavy (non-hydrogen) atoms. The van der Waals surface area contributed by atoms with E-state index >= 15 is 0 Å². The standard InChI is InChI=1S/C23H32N4O5/c1-6-24-23(26-12-11-25-22(28)17-7-9-18(29-2)10-8-17)27-15-16-13-19(30-3)21(32-5)20(14-16)31-4/h7-10,13-14H,6,11-12,15H2,1-5H3,(H,25,28)(H2,24,26,27). The number of carbonyl (C=O) groups excluding carboxylic acids is 1. The number of nitrogens with zero attached hydrogens (tertiary/aromatic N) is 1. The van der Waals surface area contributed by atoms with Crippen molar-refractivity contribution in [3.05, 3.63) is 47.5 Å². The molecule has 174 valence electrons. The number of ether oxygens (including phenoxy) is 4. The number of rotatable bonds is 11. The molecule has 0 aliphatic heterocycles. The maximum Gasteiger partial charge on any atom is 0.251 e. The van der Waals surface area contributed by atoms with E-state index in [4.69, 9.17) is 18.9 Å². The number of carbonyl (C=O) groups is 1. The van der Waals surface area contributed by atoms with Gasteiger partial charge in [0.25, 0.3) is 5.91 Å². The number of guanidine groups is 1. The quantitative estimate of drug-likeness (QED) is 0.277. The highest BCUT2D eigenvalue weighted by molar-refractivity contribution is 5.94. The summed E-state index contributed by atoms with van der Waals surface area (Å²) >= 11 is 0. The van der Waals surface area contributed by atoms with Crippen molar-refractivity contribution in [1.82, 2.24) is 16.0 Å². The molecule has 0 bridgehead atoms. The third kappa shape index (κ3) is 6.97. The molecule has 0 aliphatic rings. The summed E-state index contributed by atoms with van der Waals surface area (Å²) in [5, 5.41) is 9.28. The fraction of sp³-hybridized carbons (Fsp3) is 0.391. The zero-order valence-corrected chi connectivity index (χ0v) is 19.3. The van der Waals surface area contributed by atoms with Gasteiger partial charge in [0.05, 0.1) is 35.0 Å².